The first-order chi connectivity index (χ1) is 16.6. The van der Waals surface area contributed by atoms with Crippen molar-refractivity contribution < 1.29 is 4.21 Å². The maximum atomic E-state index is 13.4. The molecule has 0 aliphatic carbocycles. The van der Waals surface area contributed by atoms with Crippen LogP contribution in [0.3, 0.4) is 0 Å². The number of anilines is 2. The highest BCUT2D eigenvalue weighted by atomic mass is 32.2. The summed E-state index contributed by atoms with van der Waals surface area (Å²) >= 11 is 0. The number of aryl methyl sites for hydroxylation is 1. The van der Waals surface area contributed by atoms with Crippen LogP contribution < -0.4 is 10.7 Å². The molecule has 5 rings (SSSR count). The quantitative estimate of drug-likeness (QED) is 0.347. The Bertz CT molecular complexity index is 1530. The molecular formula is C28H23N3O2S. The first kappa shape index (κ1) is 21.8. The number of para-hydroxylation sites is 2. The average Bonchev–Trinajstić information content (AvgIpc) is 2.85. The molecule has 5 nitrogen and oxygen atoms in total. The standard InChI is InChI=1S/C28H23N3O2S/c1-20-17-24-27(28(29-20)34(33)19-21-11-5-2-6-12-21)25(32)18-26(30-22-13-7-3-8-14-22)31(24)23-15-9-4-10-16-23/h2-18,30H,19H2,1H3. The predicted molar refractivity (Wildman–Crippen MR) is 138 cm³/mol. The molecule has 1 N–H and O–H groups in total. The van der Waals surface area contributed by atoms with E-state index < -0.39 is 10.8 Å². The van der Waals surface area contributed by atoms with Crippen molar-refractivity contribution >= 4 is 33.2 Å². The van der Waals surface area contributed by atoms with Gasteiger partial charge >= 0.3 is 0 Å². The van der Waals surface area contributed by atoms with Crippen LogP contribution in [0.15, 0.2) is 113 Å². The highest BCUT2D eigenvalue weighted by molar-refractivity contribution is 7.84. The molecule has 0 fully saturated rings. The molecule has 5 aromatic rings. The van der Waals surface area contributed by atoms with Crippen molar-refractivity contribution in [1.29, 1.82) is 0 Å². The fraction of sp³-hybridized carbons (Fsp3) is 0.0714. The molecule has 0 saturated heterocycles. The van der Waals surface area contributed by atoms with Crippen LogP contribution in [0.1, 0.15) is 11.3 Å². The molecule has 2 heterocycles. The molecule has 0 aliphatic heterocycles. The highest BCUT2D eigenvalue weighted by Crippen LogP contribution is 2.28. The Morgan fingerprint density at radius 2 is 1.47 bits per heavy atom. The Labute approximate surface area is 200 Å². The number of hydrogen-bond acceptors (Lipinski definition) is 4. The van der Waals surface area contributed by atoms with Crippen LogP contribution in [0, 0.1) is 6.92 Å². The van der Waals surface area contributed by atoms with E-state index in [0.29, 0.717) is 33.2 Å². The molecule has 34 heavy (non-hydrogen) atoms. The minimum atomic E-state index is -1.48. The molecule has 3 aromatic carbocycles. The molecular weight excluding hydrogens is 442 g/mol. The summed E-state index contributed by atoms with van der Waals surface area (Å²) in [6.45, 7) is 1.86. The fourth-order valence-corrected chi connectivity index (χ4v) is 5.31. The van der Waals surface area contributed by atoms with Crippen molar-refractivity contribution in [1.82, 2.24) is 9.55 Å². The monoisotopic (exact) mass is 465 g/mol. The number of nitrogens with zero attached hydrogens (tertiary/aromatic N) is 2. The second-order valence-electron chi connectivity index (χ2n) is 7.99. The van der Waals surface area contributed by atoms with Crippen LogP contribution in [-0.4, -0.2) is 13.8 Å². The summed E-state index contributed by atoms with van der Waals surface area (Å²) in [5.41, 5.74) is 3.83. The van der Waals surface area contributed by atoms with Crippen LogP contribution in [0.2, 0.25) is 0 Å². The minimum absolute atomic E-state index is 0.218. The first-order valence-corrected chi connectivity index (χ1v) is 12.3. The molecule has 1 atom stereocenters. The maximum absolute atomic E-state index is 13.4. The Morgan fingerprint density at radius 1 is 0.853 bits per heavy atom. The topological polar surface area (TPSA) is 64.0 Å². The third-order valence-corrected chi connectivity index (χ3v) is 6.83. The third kappa shape index (κ3) is 4.40. The van der Waals surface area contributed by atoms with Gasteiger partial charge in [0.15, 0.2) is 5.43 Å². The molecule has 0 saturated carbocycles. The number of rotatable bonds is 6. The molecule has 0 bridgehead atoms. The summed E-state index contributed by atoms with van der Waals surface area (Å²) in [5, 5.41) is 4.08. The number of nitrogens with one attached hydrogen (secondary N) is 1. The number of hydrogen-bond donors (Lipinski definition) is 1. The summed E-state index contributed by atoms with van der Waals surface area (Å²) in [6, 6.07) is 32.6. The van der Waals surface area contributed by atoms with Crippen molar-refractivity contribution in [2.45, 2.75) is 17.7 Å². The molecule has 168 valence electrons. The number of benzene rings is 3. The summed E-state index contributed by atoms with van der Waals surface area (Å²) < 4.78 is 15.4. The lowest BCUT2D eigenvalue weighted by Gasteiger charge is -2.19. The van der Waals surface area contributed by atoms with Gasteiger partial charge in [-0.15, -0.1) is 0 Å². The lowest BCUT2D eigenvalue weighted by atomic mass is 10.2. The van der Waals surface area contributed by atoms with Gasteiger partial charge in [-0.05, 0) is 42.8 Å². The molecule has 0 radical (unpaired) electrons. The predicted octanol–water partition coefficient (Wildman–Crippen LogP) is 5.75. The van der Waals surface area contributed by atoms with Gasteiger partial charge in [-0.2, -0.15) is 0 Å². The summed E-state index contributed by atoms with van der Waals surface area (Å²) in [5.74, 6) is 0.918. The SMILES string of the molecule is Cc1cc2c(c(S(=O)Cc3ccccc3)n1)c(=O)cc(Nc1ccccc1)n2-c1ccccc1. The van der Waals surface area contributed by atoms with E-state index in [1.807, 2.05) is 109 Å². The van der Waals surface area contributed by atoms with E-state index in [2.05, 4.69) is 10.3 Å². The number of aromatic nitrogens is 2. The Balaban J connectivity index is 1.74. The summed E-state index contributed by atoms with van der Waals surface area (Å²) in [4.78, 5) is 18.0. The average molecular weight is 466 g/mol. The van der Waals surface area contributed by atoms with E-state index in [9.17, 15) is 9.00 Å². The Hall–Kier alpha value is -4.03. The van der Waals surface area contributed by atoms with E-state index in [1.54, 1.807) is 6.07 Å². The lowest BCUT2D eigenvalue weighted by molar-refractivity contribution is 0.680. The number of pyridine rings is 2. The molecule has 2 aromatic heterocycles. The van der Waals surface area contributed by atoms with E-state index in [4.69, 9.17) is 0 Å². The van der Waals surface area contributed by atoms with E-state index in [-0.39, 0.29) is 5.43 Å². The van der Waals surface area contributed by atoms with Gasteiger partial charge in [-0.1, -0.05) is 66.7 Å². The second kappa shape index (κ2) is 9.45. The maximum Gasteiger partial charge on any atom is 0.194 e. The largest absolute Gasteiger partial charge is 0.341 e. The van der Waals surface area contributed by atoms with Crippen molar-refractivity contribution in [3.8, 4) is 5.69 Å². The van der Waals surface area contributed by atoms with E-state index in [1.165, 1.54) is 0 Å². The van der Waals surface area contributed by atoms with Gasteiger partial charge in [-0.3, -0.25) is 13.6 Å². The highest BCUT2D eigenvalue weighted by Gasteiger charge is 2.20. The zero-order chi connectivity index (χ0) is 23.5. The van der Waals surface area contributed by atoms with Crippen molar-refractivity contribution in [3.63, 3.8) is 0 Å². The van der Waals surface area contributed by atoms with Gasteiger partial charge in [-0.25, -0.2) is 4.98 Å². The molecule has 1 unspecified atom stereocenters. The minimum Gasteiger partial charge on any atom is -0.341 e. The smallest absolute Gasteiger partial charge is 0.194 e. The molecule has 0 amide bonds. The molecule has 0 spiro atoms. The van der Waals surface area contributed by atoms with Crippen LogP contribution in [0.4, 0.5) is 11.5 Å². The summed E-state index contributed by atoms with van der Waals surface area (Å²) in [6.07, 6.45) is 0. The number of fused-ring (bicyclic) bond motifs is 1. The van der Waals surface area contributed by atoms with Crippen LogP contribution in [0.25, 0.3) is 16.6 Å². The molecule has 0 aliphatic rings. The van der Waals surface area contributed by atoms with Crippen molar-refractivity contribution in [3.05, 3.63) is 125 Å². The second-order valence-corrected chi connectivity index (χ2v) is 9.36. The van der Waals surface area contributed by atoms with E-state index >= 15 is 0 Å². The Morgan fingerprint density at radius 3 is 2.15 bits per heavy atom. The fourth-order valence-electron chi connectivity index (χ4n) is 4.00. The first-order valence-electron chi connectivity index (χ1n) is 11.0. The van der Waals surface area contributed by atoms with Gasteiger partial charge in [0.25, 0.3) is 0 Å². The van der Waals surface area contributed by atoms with Gasteiger partial charge in [0.2, 0.25) is 0 Å². The van der Waals surface area contributed by atoms with Crippen LogP contribution in [0.5, 0.6) is 0 Å². The van der Waals surface area contributed by atoms with E-state index in [0.717, 1.165) is 16.9 Å². The zero-order valence-corrected chi connectivity index (χ0v) is 19.5. The van der Waals surface area contributed by atoms with Gasteiger partial charge in [0.1, 0.15) is 10.8 Å². The van der Waals surface area contributed by atoms with Crippen molar-refractivity contribution in [2.75, 3.05) is 5.32 Å². The van der Waals surface area contributed by atoms with Gasteiger partial charge in [0, 0.05) is 23.1 Å². The molecule has 6 heteroatoms. The third-order valence-electron chi connectivity index (χ3n) is 5.51. The van der Waals surface area contributed by atoms with Crippen LogP contribution in [-0.2, 0) is 16.6 Å². The van der Waals surface area contributed by atoms with Crippen molar-refractivity contribution in [2.24, 2.45) is 0 Å². The zero-order valence-electron chi connectivity index (χ0n) is 18.6. The normalized spacial score (nSPS) is 11.9. The van der Waals surface area contributed by atoms with Gasteiger partial charge in [0.05, 0.1) is 27.5 Å². The summed E-state index contributed by atoms with van der Waals surface area (Å²) in [7, 11) is -1.48. The van der Waals surface area contributed by atoms with Crippen LogP contribution >= 0.6 is 0 Å². The van der Waals surface area contributed by atoms with Gasteiger partial charge < -0.3 is 5.32 Å². The lowest BCUT2D eigenvalue weighted by Crippen LogP contribution is -2.16. The Kier molecular flexibility index (Phi) is 6.06.